The standard InChI is InChI=1S/C13H15ClN2O2S2/c1-9-4-3-5-12(14)13(9)16-20(17,18)11-6-10(7-15-2)19-8-11/h3-6,8,15-16H,7H2,1-2H3. The van der Waals surface area contributed by atoms with Crippen molar-refractivity contribution in [1.29, 1.82) is 0 Å². The van der Waals surface area contributed by atoms with E-state index in [9.17, 15) is 8.42 Å². The number of benzene rings is 1. The average molecular weight is 331 g/mol. The Morgan fingerprint density at radius 3 is 2.75 bits per heavy atom. The van der Waals surface area contributed by atoms with Crippen LogP contribution in [0.3, 0.4) is 0 Å². The Labute approximate surface area is 127 Å². The molecule has 2 rings (SSSR count). The fraction of sp³-hybridized carbons (Fsp3) is 0.231. The fourth-order valence-electron chi connectivity index (χ4n) is 1.72. The van der Waals surface area contributed by atoms with E-state index >= 15 is 0 Å². The number of hydrogen-bond acceptors (Lipinski definition) is 4. The highest BCUT2D eigenvalue weighted by molar-refractivity contribution is 7.92. The number of rotatable bonds is 5. The molecule has 0 aliphatic heterocycles. The molecule has 0 aliphatic rings. The minimum Gasteiger partial charge on any atom is -0.315 e. The van der Waals surface area contributed by atoms with Crippen molar-refractivity contribution in [2.75, 3.05) is 11.8 Å². The number of hydrogen-bond donors (Lipinski definition) is 2. The van der Waals surface area contributed by atoms with E-state index in [1.807, 2.05) is 20.0 Å². The van der Waals surface area contributed by atoms with E-state index in [1.165, 1.54) is 11.3 Å². The van der Waals surface area contributed by atoms with Crippen molar-refractivity contribution >= 4 is 38.6 Å². The van der Waals surface area contributed by atoms with Gasteiger partial charge in [-0.2, -0.15) is 0 Å². The van der Waals surface area contributed by atoms with Gasteiger partial charge in [-0.1, -0.05) is 23.7 Å². The van der Waals surface area contributed by atoms with E-state index in [0.717, 1.165) is 10.4 Å². The monoisotopic (exact) mass is 330 g/mol. The van der Waals surface area contributed by atoms with Gasteiger partial charge in [-0.3, -0.25) is 4.72 Å². The Kier molecular flexibility index (Phi) is 4.70. The summed E-state index contributed by atoms with van der Waals surface area (Å²) in [5.41, 5.74) is 1.21. The lowest BCUT2D eigenvalue weighted by Gasteiger charge is -2.11. The molecule has 0 atom stereocenters. The minimum absolute atomic E-state index is 0.257. The van der Waals surface area contributed by atoms with Crippen LogP contribution in [0.4, 0.5) is 5.69 Å². The van der Waals surface area contributed by atoms with Gasteiger partial charge < -0.3 is 5.32 Å². The lowest BCUT2D eigenvalue weighted by molar-refractivity contribution is 0.601. The molecule has 20 heavy (non-hydrogen) atoms. The molecule has 2 aromatic rings. The topological polar surface area (TPSA) is 58.2 Å². The summed E-state index contributed by atoms with van der Waals surface area (Å²) in [6, 6.07) is 6.91. The summed E-state index contributed by atoms with van der Waals surface area (Å²) in [4.78, 5) is 1.22. The summed E-state index contributed by atoms with van der Waals surface area (Å²) in [5.74, 6) is 0. The van der Waals surface area contributed by atoms with Crippen molar-refractivity contribution in [3.8, 4) is 0 Å². The van der Waals surface area contributed by atoms with E-state index in [4.69, 9.17) is 11.6 Å². The van der Waals surface area contributed by atoms with Crippen LogP contribution in [0.15, 0.2) is 34.5 Å². The first-order chi connectivity index (χ1) is 9.44. The van der Waals surface area contributed by atoms with Gasteiger partial charge in [0.2, 0.25) is 0 Å². The van der Waals surface area contributed by atoms with Crippen LogP contribution < -0.4 is 10.0 Å². The average Bonchev–Trinajstić information content (AvgIpc) is 2.84. The van der Waals surface area contributed by atoms with Gasteiger partial charge >= 0.3 is 0 Å². The molecule has 2 N–H and O–H groups in total. The van der Waals surface area contributed by atoms with Crippen molar-refractivity contribution in [2.45, 2.75) is 18.4 Å². The minimum atomic E-state index is -3.61. The molecule has 0 unspecified atom stereocenters. The summed E-state index contributed by atoms with van der Waals surface area (Å²) in [6.07, 6.45) is 0. The Balaban J connectivity index is 2.31. The largest absolute Gasteiger partial charge is 0.315 e. The number of nitrogens with one attached hydrogen (secondary N) is 2. The second-order valence-electron chi connectivity index (χ2n) is 4.32. The Morgan fingerprint density at radius 1 is 1.35 bits per heavy atom. The zero-order valence-corrected chi connectivity index (χ0v) is 13.5. The van der Waals surface area contributed by atoms with E-state index in [2.05, 4.69) is 10.0 Å². The molecule has 7 heteroatoms. The quantitative estimate of drug-likeness (QED) is 0.885. The molecule has 4 nitrogen and oxygen atoms in total. The number of anilines is 1. The number of aryl methyl sites for hydroxylation is 1. The van der Waals surface area contributed by atoms with Gasteiger partial charge in [-0.05, 0) is 31.7 Å². The lowest BCUT2D eigenvalue weighted by atomic mass is 10.2. The fourth-order valence-corrected chi connectivity index (χ4v) is 4.49. The highest BCUT2D eigenvalue weighted by Gasteiger charge is 2.18. The molecule has 1 aromatic carbocycles. The maximum atomic E-state index is 12.3. The number of para-hydroxylation sites is 1. The van der Waals surface area contributed by atoms with Gasteiger partial charge in [0.05, 0.1) is 15.6 Å². The molecule has 0 amide bonds. The third kappa shape index (κ3) is 3.32. The molecule has 0 radical (unpaired) electrons. The van der Waals surface area contributed by atoms with Crippen LogP contribution in [-0.4, -0.2) is 15.5 Å². The predicted octanol–water partition coefficient (Wildman–Crippen LogP) is 3.23. The third-order valence-corrected chi connectivity index (χ3v) is 5.48. The first kappa shape index (κ1) is 15.3. The number of thiophene rings is 1. The molecule has 0 aliphatic carbocycles. The van der Waals surface area contributed by atoms with Gasteiger partial charge in [0, 0.05) is 16.8 Å². The Morgan fingerprint density at radius 2 is 2.10 bits per heavy atom. The molecule has 0 spiro atoms. The van der Waals surface area contributed by atoms with Crippen LogP contribution in [0.25, 0.3) is 0 Å². The molecule has 0 saturated heterocycles. The van der Waals surface area contributed by atoms with Gasteiger partial charge in [0.15, 0.2) is 0 Å². The highest BCUT2D eigenvalue weighted by atomic mass is 35.5. The van der Waals surface area contributed by atoms with Gasteiger partial charge in [-0.15, -0.1) is 11.3 Å². The molecule has 1 aromatic heterocycles. The number of halogens is 1. The molecule has 0 fully saturated rings. The van der Waals surface area contributed by atoms with E-state index in [0.29, 0.717) is 17.3 Å². The summed E-state index contributed by atoms with van der Waals surface area (Å²) < 4.78 is 27.2. The Hall–Kier alpha value is -1.08. The van der Waals surface area contributed by atoms with Crippen molar-refractivity contribution in [2.24, 2.45) is 0 Å². The van der Waals surface area contributed by atoms with E-state index in [1.54, 1.807) is 23.6 Å². The number of sulfonamides is 1. The van der Waals surface area contributed by atoms with Crippen LogP contribution in [0.5, 0.6) is 0 Å². The zero-order valence-electron chi connectivity index (χ0n) is 11.1. The summed E-state index contributed by atoms with van der Waals surface area (Å²) in [5, 5.41) is 5.01. The third-order valence-electron chi connectivity index (χ3n) is 2.75. The second kappa shape index (κ2) is 6.13. The Bertz CT molecular complexity index is 691. The molecular weight excluding hydrogens is 316 g/mol. The van der Waals surface area contributed by atoms with Crippen LogP contribution in [0.1, 0.15) is 10.4 Å². The summed E-state index contributed by atoms with van der Waals surface area (Å²) >= 11 is 7.45. The van der Waals surface area contributed by atoms with Gasteiger partial charge in [0.1, 0.15) is 0 Å². The normalized spacial score (nSPS) is 11.6. The molecule has 0 saturated carbocycles. The highest BCUT2D eigenvalue weighted by Crippen LogP contribution is 2.29. The van der Waals surface area contributed by atoms with Gasteiger partial charge in [-0.25, -0.2) is 8.42 Å². The van der Waals surface area contributed by atoms with Crippen LogP contribution >= 0.6 is 22.9 Å². The molecule has 108 valence electrons. The van der Waals surface area contributed by atoms with Crippen molar-refractivity contribution in [3.63, 3.8) is 0 Å². The molecule has 0 bridgehead atoms. The van der Waals surface area contributed by atoms with Crippen LogP contribution in [0, 0.1) is 6.92 Å². The predicted molar refractivity (Wildman–Crippen MR) is 84.1 cm³/mol. The first-order valence-electron chi connectivity index (χ1n) is 5.94. The second-order valence-corrected chi connectivity index (χ2v) is 7.40. The summed E-state index contributed by atoms with van der Waals surface area (Å²) in [6.45, 7) is 2.45. The van der Waals surface area contributed by atoms with Crippen LogP contribution in [0.2, 0.25) is 5.02 Å². The summed E-state index contributed by atoms with van der Waals surface area (Å²) in [7, 11) is -1.79. The van der Waals surface area contributed by atoms with Crippen molar-refractivity contribution in [3.05, 3.63) is 45.1 Å². The van der Waals surface area contributed by atoms with Gasteiger partial charge in [0.25, 0.3) is 10.0 Å². The first-order valence-corrected chi connectivity index (χ1v) is 8.68. The maximum Gasteiger partial charge on any atom is 0.262 e. The SMILES string of the molecule is CNCc1cc(S(=O)(=O)Nc2c(C)cccc2Cl)cs1. The molecular formula is C13H15ClN2O2S2. The van der Waals surface area contributed by atoms with Crippen molar-refractivity contribution in [1.82, 2.24) is 5.32 Å². The van der Waals surface area contributed by atoms with Crippen LogP contribution in [-0.2, 0) is 16.6 Å². The van der Waals surface area contributed by atoms with E-state index in [-0.39, 0.29) is 4.90 Å². The van der Waals surface area contributed by atoms with E-state index < -0.39 is 10.0 Å². The lowest BCUT2D eigenvalue weighted by Crippen LogP contribution is -2.13. The zero-order chi connectivity index (χ0) is 14.8. The molecule has 1 heterocycles. The van der Waals surface area contributed by atoms with Crippen molar-refractivity contribution < 1.29 is 8.42 Å². The maximum absolute atomic E-state index is 12.3. The smallest absolute Gasteiger partial charge is 0.262 e.